The first-order chi connectivity index (χ1) is 13.6. The van der Waals surface area contributed by atoms with Crippen molar-refractivity contribution in [3.63, 3.8) is 0 Å². The minimum Gasteiger partial charge on any atom is -0.247 e. The minimum atomic E-state index is 0.469. The number of para-hydroxylation sites is 1. The van der Waals surface area contributed by atoms with Crippen LogP contribution in [0, 0.1) is 24.2 Å². The van der Waals surface area contributed by atoms with Crippen molar-refractivity contribution < 1.29 is 0 Å². The molecule has 0 atom stereocenters. The second-order valence-electron chi connectivity index (χ2n) is 8.21. The molecule has 28 heavy (non-hydrogen) atoms. The van der Waals surface area contributed by atoms with Crippen LogP contribution < -0.4 is 0 Å². The predicted octanol–water partition coefficient (Wildman–Crippen LogP) is 8.17. The summed E-state index contributed by atoms with van der Waals surface area (Å²) in [7, 11) is 0. The van der Waals surface area contributed by atoms with Crippen molar-refractivity contribution in [3.05, 3.63) is 29.3 Å². The van der Waals surface area contributed by atoms with Crippen molar-refractivity contribution in [1.29, 1.82) is 0 Å². The zero-order chi connectivity index (χ0) is 20.6. The molecule has 1 heteroatoms. The molecule has 0 heterocycles. The second-order valence-corrected chi connectivity index (χ2v) is 8.21. The van der Waals surface area contributed by atoms with E-state index in [1.54, 1.807) is 6.21 Å². The van der Waals surface area contributed by atoms with Crippen LogP contribution in [0.5, 0.6) is 0 Å². The molecule has 0 saturated heterocycles. The smallest absolute Gasteiger partial charge is 0.0773 e. The van der Waals surface area contributed by atoms with Gasteiger partial charge < -0.3 is 0 Å². The molecule has 0 aliphatic heterocycles. The number of terminal acetylenes is 1. The molecule has 0 radical (unpaired) electrons. The van der Waals surface area contributed by atoms with Gasteiger partial charge in [-0.15, -0.1) is 12.3 Å². The van der Waals surface area contributed by atoms with Gasteiger partial charge >= 0.3 is 0 Å². The molecular formula is C27H39N. The lowest BCUT2D eigenvalue weighted by Gasteiger charge is -2.15. The zero-order valence-corrected chi connectivity index (χ0v) is 18.6. The van der Waals surface area contributed by atoms with Gasteiger partial charge in [-0.05, 0) is 35.8 Å². The summed E-state index contributed by atoms with van der Waals surface area (Å²) in [6.45, 7) is 8.89. The van der Waals surface area contributed by atoms with E-state index in [0.717, 1.165) is 18.5 Å². The number of nitrogens with zero attached hydrogens (tertiary/aromatic N) is 1. The van der Waals surface area contributed by atoms with Crippen LogP contribution in [0.25, 0.3) is 0 Å². The Hall–Kier alpha value is -1.99. The van der Waals surface area contributed by atoms with Crippen molar-refractivity contribution >= 4 is 11.9 Å². The largest absolute Gasteiger partial charge is 0.247 e. The highest BCUT2D eigenvalue weighted by Gasteiger charge is 2.12. The molecule has 1 aromatic carbocycles. The second kappa shape index (κ2) is 15.0. The summed E-state index contributed by atoms with van der Waals surface area (Å²) in [4.78, 5) is 4.73. The van der Waals surface area contributed by atoms with Crippen molar-refractivity contribution in [2.75, 3.05) is 0 Å². The molecule has 0 aromatic heterocycles. The third-order valence-corrected chi connectivity index (χ3v) is 5.08. The molecule has 0 N–H and O–H groups in total. The summed E-state index contributed by atoms with van der Waals surface area (Å²) in [6.07, 6.45) is 19.2. The van der Waals surface area contributed by atoms with Gasteiger partial charge in [-0.1, -0.05) is 96.3 Å². The van der Waals surface area contributed by atoms with Crippen LogP contribution in [0.2, 0.25) is 0 Å². The van der Waals surface area contributed by atoms with E-state index < -0.39 is 0 Å². The lowest BCUT2D eigenvalue weighted by atomic mass is 9.93. The Morgan fingerprint density at radius 1 is 0.821 bits per heavy atom. The van der Waals surface area contributed by atoms with Gasteiger partial charge in [0.05, 0.1) is 11.9 Å². The molecule has 0 aliphatic carbocycles. The Morgan fingerprint density at radius 2 is 1.32 bits per heavy atom. The van der Waals surface area contributed by atoms with E-state index in [4.69, 9.17) is 11.4 Å². The van der Waals surface area contributed by atoms with E-state index >= 15 is 0 Å². The Labute approximate surface area is 174 Å². The summed E-state index contributed by atoms with van der Waals surface area (Å²) >= 11 is 0. The van der Waals surface area contributed by atoms with Crippen LogP contribution in [-0.4, -0.2) is 6.21 Å². The van der Waals surface area contributed by atoms with Crippen LogP contribution in [-0.2, 0) is 0 Å². The molecule has 0 aliphatic rings. The summed E-state index contributed by atoms with van der Waals surface area (Å²) in [5.74, 6) is 10.0. The minimum absolute atomic E-state index is 0.469. The SMILES string of the molecule is C#CCCCCCCCCCCC#CC=Nc1c(C(C)C)cccc1C(C)C. The van der Waals surface area contributed by atoms with Gasteiger partial charge in [0.2, 0.25) is 0 Å². The first kappa shape index (κ1) is 24.0. The monoisotopic (exact) mass is 377 g/mol. The van der Waals surface area contributed by atoms with Gasteiger partial charge in [0.15, 0.2) is 0 Å². The predicted molar refractivity (Wildman–Crippen MR) is 126 cm³/mol. The number of hydrogen-bond acceptors (Lipinski definition) is 1. The third-order valence-electron chi connectivity index (χ3n) is 5.08. The topological polar surface area (TPSA) is 12.4 Å². The molecule has 1 rings (SSSR count). The van der Waals surface area contributed by atoms with E-state index in [0.29, 0.717) is 11.8 Å². The third kappa shape index (κ3) is 9.80. The molecule has 0 spiro atoms. The molecule has 0 saturated carbocycles. The van der Waals surface area contributed by atoms with Crippen LogP contribution in [0.1, 0.15) is 115 Å². The lowest BCUT2D eigenvalue weighted by molar-refractivity contribution is 0.574. The number of hydrogen-bond donors (Lipinski definition) is 0. The van der Waals surface area contributed by atoms with Crippen molar-refractivity contribution in [3.8, 4) is 24.2 Å². The quantitative estimate of drug-likeness (QED) is 0.198. The Balaban J connectivity index is 2.32. The number of benzene rings is 1. The van der Waals surface area contributed by atoms with Gasteiger partial charge in [-0.2, -0.15) is 0 Å². The first-order valence-corrected chi connectivity index (χ1v) is 11.1. The average Bonchev–Trinajstić information content (AvgIpc) is 2.67. The Bertz CT molecular complexity index is 650. The van der Waals surface area contributed by atoms with E-state index in [2.05, 4.69) is 63.7 Å². The molecule has 0 unspecified atom stereocenters. The Morgan fingerprint density at radius 3 is 1.82 bits per heavy atom. The van der Waals surface area contributed by atoms with Crippen LogP contribution in [0.4, 0.5) is 5.69 Å². The fourth-order valence-corrected chi connectivity index (χ4v) is 3.38. The summed E-state index contributed by atoms with van der Waals surface area (Å²) in [6, 6.07) is 6.52. The highest BCUT2D eigenvalue weighted by atomic mass is 14.7. The van der Waals surface area contributed by atoms with E-state index in [9.17, 15) is 0 Å². The maximum Gasteiger partial charge on any atom is 0.0773 e. The van der Waals surface area contributed by atoms with Gasteiger partial charge in [0.1, 0.15) is 0 Å². The van der Waals surface area contributed by atoms with Gasteiger partial charge in [0, 0.05) is 12.8 Å². The van der Waals surface area contributed by atoms with Crippen molar-refractivity contribution in [1.82, 2.24) is 0 Å². The first-order valence-electron chi connectivity index (χ1n) is 11.1. The fraction of sp³-hybridized carbons (Fsp3) is 0.593. The van der Waals surface area contributed by atoms with Crippen molar-refractivity contribution in [2.24, 2.45) is 4.99 Å². The molecule has 1 nitrogen and oxygen atoms in total. The highest BCUT2D eigenvalue weighted by Crippen LogP contribution is 2.34. The summed E-state index contributed by atoms with van der Waals surface area (Å²) < 4.78 is 0. The van der Waals surface area contributed by atoms with E-state index in [1.807, 2.05) is 0 Å². The standard InChI is InChI=1S/C27H39N/c1-6-7-8-9-10-11-12-13-14-15-16-17-18-22-28-27-25(23(2)3)20-19-21-26(27)24(4)5/h1,19-24H,7-16H2,2-5H3. The summed E-state index contributed by atoms with van der Waals surface area (Å²) in [5, 5.41) is 0. The normalized spacial score (nSPS) is 11.0. The molecule has 1 aromatic rings. The van der Waals surface area contributed by atoms with Gasteiger partial charge in [-0.3, -0.25) is 0 Å². The van der Waals surface area contributed by atoms with Crippen LogP contribution in [0.3, 0.4) is 0 Å². The Kier molecular flexibility index (Phi) is 12.9. The van der Waals surface area contributed by atoms with Crippen molar-refractivity contribution in [2.45, 2.75) is 104 Å². The number of rotatable bonds is 12. The summed E-state index contributed by atoms with van der Waals surface area (Å²) in [5.41, 5.74) is 3.73. The molecule has 152 valence electrons. The van der Waals surface area contributed by atoms with Gasteiger partial charge in [0.25, 0.3) is 0 Å². The van der Waals surface area contributed by atoms with Crippen LogP contribution >= 0.6 is 0 Å². The zero-order valence-electron chi connectivity index (χ0n) is 18.6. The molecule has 0 amide bonds. The van der Waals surface area contributed by atoms with E-state index in [-0.39, 0.29) is 0 Å². The fourth-order valence-electron chi connectivity index (χ4n) is 3.38. The molecule has 0 fully saturated rings. The molecular weight excluding hydrogens is 338 g/mol. The van der Waals surface area contributed by atoms with Crippen LogP contribution in [0.15, 0.2) is 23.2 Å². The lowest BCUT2D eigenvalue weighted by Crippen LogP contribution is -1.95. The maximum absolute atomic E-state index is 5.27. The van der Waals surface area contributed by atoms with E-state index in [1.165, 1.54) is 62.5 Å². The average molecular weight is 378 g/mol. The number of aliphatic imine (C=N–C) groups is 1. The van der Waals surface area contributed by atoms with Gasteiger partial charge in [-0.25, -0.2) is 4.99 Å². The highest BCUT2D eigenvalue weighted by molar-refractivity contribution is 5.82. The number of unbranched alkanes of at least 4 members (excludes halogenated alkanes) is 9. The molecule has 0 bridgehead atoms. The maximum atomic E-state index is 5.27.